The Morgan fingerprint density at radius 1 is 1.13 bits per heavy atom. The van der Waals surface area contributed by atoms with Crippen molar-refractivity contribution in [2.45, 2.75) is 24.7 Å². The van der Waals surface area contributed by atoms with Crippen molar-refractivity contribution in [3.8, 4) is 6.07 Å². The van der Waals surface area contributed by atoms with Crippen LogP contribution >= 0.6 is 0 Å². The van der Waals surface area contributed by atoms with Gasteiger partial charge in [-0.15, -0.1) is 0 Å². The van der Waals surface area contributed by atoms with Gasteiger partial charge in [-0.3, -0.25) is 14.5 Å². The predicted molar refractivity (Wildman–Crippen MR) is 108 cm³/mol. The fraction of sp³-hybridized carbons (Fsp3) is 0.174. The molecule has 1 aliphatic carbocycles. The SMILES string of the molecule is N#CC1=C(N)N(c2cccc(F)c2)C2=C(C(=O)CCC2)C12C(=O)Nc1ccccc12. The van der Waals surface area contributed by atoms with Gasteiger partial charge in [0, 0.05) is 28.9 Å². The Hall–Kier alpha value is -3.92. The van der Waals surface area contributed by atoms with Crippen molar-refractivity contribution in [1.82, 2.24) is 0 Å². The molecule has 3 aliphatic rings. The van der Waals surface area contributed by atoms with Gasteiger partial charge in [-0.1, -0.05) is 24.3 Å². The van der Waals surface area contributed by atoms with E-state index in [1.807, 2.05) is 0 Å². The lowest BCUT2D eigenvalue weighted by molar-refractivity contribution is -0.122. The van der Waals surface area contributed by atoms with E-state index in [9.17, 15) is 19.2 Å². The molecular formula is C23H17FN4O2. The summed E-state index contributed by atoms with van der Waals surface area (Å²) in [6, 6.07) is 14.9. The van der Waals surface area contributed by atoms with E-state index in [-0.39, 0.29) is 29.2 Å². The Morgan fingerprint density at radius 3 is 2.70 bits per heavy atom. The molecule has 148 valence electrons. The average Bonchev–Trinajstić information content (AvgIpc) is 3.01. The molecule has 1 spiro atoms. The summed E-state index contributed by atoms with van der Waals surface area (Å²) in [5.41, 5.74) is 7.15. The summed E-state index contributed by atoms with van der Waals surface area (Å²) in [7, 11) is 0. The molecule has 1 unspecified atom stereocenters. The van der Waals surface area contributed by atoms with Gasteiger partial charge in [0.1, 0.15) is 23.1 Å². The summed E-state index contributed by atoms with van der Waals surface area (Å²) >= 11 is 0. The van der Waals surface area contributed by atoms with Gasteiger partial charge >= 0.3 is 0 Å². The fourth-order valence-electron chi connectivity index (χ4n) is 4.86. The van der Waals surface area contributed by atoms with Crippen LogP contribution in [0.1, 0.15) is 24.8 Å². The molecule has 1 atom stereocenters. The van der Waals surface area contributed by atoms with Gasteiger partial charge in [-0.05, 0) is 37.1 Å². The zero-order chi connectivity index (χ0) is 21.0. The van der Waals surface area contributed by atoms with Crippen molar-refractivity contribution in [3.05, 3.63) is 82.6 Å². The zero-order valence-corrected chi connectivity index (χ0v) is 15.9. The molecule has 2 heterocycles. The van der Waals surface area contributed by atoms with Crippen LogP contribution in [-0.4, -0.2) is 11.7 Å². The lowest BCUT2D eigenvalue weighted by Gasteiger charge is -2.43. The number of Topliss-reactive ketones (excluding diaryl/α,β-unsaturated/α-hetero) is 1. The highest BCUT2D eigenvalue weighted by Gasteiger charge is 2.59. The minimum absolute atomic E-state index is 0.0248. The minimum atomic E-state index is -1.59. The van der Waals surface area contributed by atoms with E-state index in [4.69, 9.17) is 5.73 Å². The first-order valence-electron chi connectivity index (χ1n) is 9.64. The molecule has 0 radical (unpaired) electrons. The van der Waals surface area contributed by atoms with E-state index in [0.29, 0.717) is 35.5 Å². The third-order valence-corrected chi connectivity index (χ3v) is 6.00. The molecule has 0 saturated carbocycles. The number of hydrogen-bond acceptors (Lipinski definition) is 5. The molecule has 5 rings (SSSR count). The highest BCUT2D eigenvalue weighted by molar-refractivity contribution is 6.19. The van der Waals surface area contributed by atoms with Crippen LogP contribution in [0.25, 0.3) is 0 Å². The Labute approximate surface area is 172 Å². The normalized spacial score (nSPS) is 22.7. The standard InChI is InChI=1S/C23H17FN4O2/c24-13-5-3-6-14(11-13)28-18-9-4-10-19(29)20(18)23(16(12-25)21(28)26)15-7-1-2-8-17(15)27-22(23)30/h1-3,5-8,11H,4,9-10,26H2,(H,27,30). The quantitative estimate of drug-likeness (QED) is 0.766. The van der Waals surface area contributed by atoms with Crippen LogP contribution in [0.3, 0.4) is 0 Å². The van der Waals surface area contributed by atoms with E-state index < -0.39 is 17.1 Å². The van der Waals surface area contributed by atoms with Gasteiger partial charge in [-0.2, -0.15) is 5.26 Å². The number of hydrogen-bond donors (Lipinski definition) is 2. The molecule has 0 saturated heterocycles. The summed E-state index contributed by atoms with van der Waals surface area (Å²) < 4.78 is 14.0. The summed E-state index contributed by atoms with van der Waals surface area (Å²) in [6.45, 7) is 0. The summed E-state index contributed by atoms with van der Waals surface area (Å²) in [5, 5.41) is 12.9. The minimum Gasteiger partial charge on any atom is -0.384 e. The molecule has 0 aromatic heterocycles. The number of carbonyl (C=O) groups is 2. The van der Waals surface area contributed by atoms with E-state index in [1.54, 1.807) is 35.2 Å². The lowest BCUT2D eigenvalue weighted by Crippen LogP contribution is -2.50. The number of allylic oxidation sites excluding steroid dienone is 1. The third-order valence-electron chi connectivity index (χ3n) is 6.00. The maximum absolute atomic E-state index is 14.0. The maximum Gasteiger partial charge on any atom is 0.245 e. The van der Waals surface area contributed by atoms with Gasteiger partial charge in [0.05, 0.1) is 11.3 Å². The molecule has 0 bridgehead atoms. The van der Waals surface area contributed by atoms with Gasteiger partial charge in [0.25, 0.3) is 0 Å². The number of carbonyl (C=O) groups excluding carboxylic acids is 2. The highest BCUT2D eigenvalue weighted by atomic mass is 19.1. The highest BCUT2D eigenvalue weighted by Crippen LogP contribution is 2.54. The molecule has 1 amide bonds. The van der Waals surface area contributed by atoms with Crippen molar-refractivity contribution >= 4 is 23.1 Å². The number of para-hydroxylation sites is 1. The number of amides is 1. The van der Waals surface area contributed by atoms with E-state index in [0.717, 1.165) is 0 Å². The number of rotatable bonds is 1. The van der Waals surface area contributed by atoms with Crippen molar-refractivity contribution < 1.29 is 14.0 Å². The van der Waals surface area contributed by atoms with Crippen LogP contribution in [-0.2, 0) is 15.0 Å². The van der Waals surface area contributed by atoms with Gasteiger partial charge in [0.2, 0.25) is 5.91 Å². The number of fused-ring (bicyclic) bond motifs is 3. The molecule has 2 aromatic carbocycles. The van der Waals surface area contributed by atoms with Crippen molar-refractivity contribution in [2.24, 2.45) is 5.73 Å². The number of halogens is 1. The van der Waals surface area contributed by atoms with Crippen LogP contribution in [0, 0.1) is 17.1 Å². The first-order valence-corrected chi connectivity index (χ1v) is 9.64. The molecule has 30 heavy (non-hydrogen) atoms. The van der Waals surface area contributed by atoms with E-state index in [2.05, 4.69) is 11.4 Å². The lowest BCUT2D eigenvalue weighted by atomic mass is 9.64. The average molecular weight is 400 g/mol. The fourth-order valence-corrected chi connectivity index (χ4v) is 4.86. The number of nitrogens with one attached hydrogen (secondary N) is 1. The number of ketones is 1. The Kier molecular flexibility index (Phi) is 3.80. The number of nitrogens with zero attached hydrogens (tertiary/aromatic N) is 2. The smallest absolute Gasteiger partial charge is 0.245 e. The molecule has 7 heteroatoms. The first-order chi connectivity index (χ1) is 14.5. The number of nitrogens with two attached hydrogens (primary N) is 1. The molecule has 3 N–H and O–H groups in total. The second-order valence-electron chi connectivity index (χ2n) is 7.54. The van der Waals surface area contributed by atoms with E-state index >= 15 is 0 Å². The second-order valence-corrected chi connectivity index (χ2v) is 7.54. The maximum atomic E-state index is 14.0. The molecular weight excluding hydrogens is 383 g/mol. The molecule has 2 aromatic rings. The van der Waals surface area contributed by atoms with Gasteiger partial charge in [-0.25, -0.2) is 4.39 Å². The third kappa shape index (κ3) is 2.16. The van der Waals surface area contributed by atoms with E-state index in [1.165, 1.54) is 18.2 Å². The number of anilines is 2. The van der Waals surface area contributed by atoms with Crippen molar-refractivity contribution in [1.29, 1.82) is 5.26 Å². The summed E-state index contributed by atoms with van der Waals surface area (Å²) in [6.07, 6.45) is 1.33. The monoisotopic (exact) mass is 400 g/mol. The summed E-state index contributed by atoms with van der Waals surface area (Å²) in [5.74, 6) is -1.11. The van der Waals surface area contributed by atoms with Crippen LogP contribution in [0.4, 0.5) is 15.8 Å². The number of benzene rings is 2. The van der Waals surface area contributed by atoms with Crippen molar-refractivity contribution in [2.75, 3.05) is 10.2 Å². The number of nitriles is 1. The topological polar surface area (TPSA) is 99.2 Å². The Bertz CT molecular complexity index is 1240. The zero-order valence-electron chi connectivity index (χ0n) is 15.9. The Balaban J connectivity index is 1.89. The largest absolute Gasteiger partial charge is 0.384 e. The van der Waals surface area contributed by atoms with Crippen LogP contribution < -0.4 is 16.0 Å². The predicted octanol–water partition coefficient (Wildman–Crippen LogP) is 3.24. The Morgan fingerprint density at radius 2 is 1.93 bits per heavy atom. The second kappa shape index (κ2) is 6.29. The first kappa shape index (κ1) is 18.1. The molecule has 0 fully saturated rings. The summed E-state index contributed by atoms with van der Waals surface area (Å²) in [4.78, 5) is 28.2. The van der Waals surface area contributed by atoms with Crippen LogP contribution in [0.2, 0.25) is 0 Å². The van der Waals surface area contributed by atoms with Crippen molar-refractivity contribution in [3.63, 3.8) is 0 Å². The van der Waals surface area contributed by atoms with Crippen LogP contribution in [0.5, 0.6) is 0 Å². The molecule has 2 aliphatic heterocycles. The van der Waals surface area contributed by atoms with Crippen LogP contribution in [0.15, 0.2) is 71.2 Å². The van der Waals surface area contributed by atoms with Gasteiger partial charge < -0.3 is 11.1 Å². The van der Waals surface area contributed by atoms with Gasteiger partial charge in [0.15, 0.2) is 5.78 Å². The molecule has 6 nitrogen and oxygen atoms in total.